The lowest BCUT2D eigenvalue weighted by Crippen LogP contribution is -2.45. The van der Waals surface area contributed by atoms with E-state index in [-0.39, 0.29) is 0 Å². The van der Waals surface area contributed by atoms with Gasteiger partial charge < -0.3 is 14.8 Å². The summed E-state index contributed by atoms with van der Waals surface area (Å²) in [6.07, 6.45) is 3.62. The Kier molecular flexibility index (Phi) is 5.34. The first-order chi connectivity index (χ1) is 11.2. The quantitative estimate of drug-likeness (QED) is 0.887. The third kappa shape index (κ3) is 3.75. The Morgan fingerprint density at radius 2 is 1.96 bits per heavy atom. The number of nitrogens with zero attached hydrogens (tertiary/aromatic N) is 3. The molecule has 0 spiro atoms. The number of hydrogen-bond acceptors (Lipinski definition) is 3. The van der Waals surface area contributed by atoms with Gasteiger partial charge in [0.25, 0.3) is 0 Å². The molecule has 0 bridgehead atoms. The van der Waals surface area contributed by atoms with Crippen LogP contribution in [0.2, 0.25) is 0 Å². The van der Waals surface area contributed by atoms with E-state index in [2.05, 4.69) is 59.8 Å². The van der Waals surface area contributed by atoms with E-state index in [1.54, 1.807) is 0 Å². The first-order valence-electron chi connectivity index (χ1n) is 9.10. The van der Waals surface area contributed by atoms with Crippen LogP contribution in [0.25, 0.3) is 11.0 Å². The Labute approximate surface area is 139 Å². The largest absolute Gasteiger partial charge is 0.327 e. The minimum absolute atomic E-state index is 0.625. The van der Waals surface area contributed by atoms with Crippen molar-refractivity contribution in [1.82, 2.24) is 19.8 Å². The number of hydrogen-bond donors (Lipinski definition) is 1. The smallest absolute Gasteiger partial charge is 0.123 e. The predicted molar refractivity (Wildman–Crippen MR) is 96.6 cm³/mol. The zero-order chi connectivity index (χ0) is 16.2. The van der Waals surface area contributed by atoms with Gasteiger partial charge in [-0.1, -0.05) is 19.1 Å². The molecule has 1 fully saturated rings. The van der Waals surface area contributed by atoms with Gasteiger partial charge in [0.15, 0.2) is 0 Å². The monoisotopic (exact) mass is 314 g/mol. The SMILES string of the molecule is CCCn1c(CNC2CCN(C(C)C)CC2)nc2ccccc21. The number of benzene rings is 1. The summed E-state index contributed by atoms with van der Waals surface area (Å²) in [7, 11) is 0. The van der Waals surface area contributed by atoms with Crippen molar-refractivity contribution in [2.75, 3.05) is 13.1 Å². The molecule has 0 aliphatic carbocycles. The molecular weight excluding hydrogens is 284 g/mol. The van der Waals surface area contributed by atoms with Crippen LogP contribution in [0, 0.1) is 0 Å². The van der Waals surface area contributed by atoms with Crippen LogP contribution in [-0.4, -0.2) is 39.6 Å². The summed E-state index contributed by atoms with van der Waals surface area (Å²) in [4.78, 5) is 7.42. The number of likely N-dealkylation sites (tertiary alicyclic amines) is 1. The van der Waals surface area contributed by atoms with E-state index in [9.17, 15) is 0 Å². The zero-order valence-corrected chi connectivity index (χ0v) is 14.8. The van der Waals surface area contributed by atoms with Gasteiger partial charge in [-0.2, -0.15) is 0 Å². The number of aryl methyl sites for hydroxylation is 1. The zero-order valence-electron chi connectivity index (χ0n) is 14.8. The molecule has 1 N–H and O–H groups in total. The van der Waals surface area contributed by atoms with Crippen molar-refractivity contribution in [3.63, 3.8) is 0 Å². The number of aromatic nitrogens is 2. The Morgan fingerprint density at radius 3 is 2.65 bits per heavy atom. The molecule has 3 rings (SSSR count). The summed E-state index contributed by atoms with van der Waals surface area (Å²) >= 11 is 0. The minimum atomic E-state index is 0.625. The molecule has 1 aromatic carbocycles. The van der Waals surface area contributed by atoms with Gasteiger partial charge in [-0.15, -0.1) is 0 Å². The molecular formula is C19H30N4. The van der Waals surface area contributed by atoms with Gasteiger partial charge >= 0.3 is 0 Å². The van der Waals surface area contributed by atoms with Crippen molar-refractivity contribution in [1.29, 1.82) is 0 Å². The highest BCUT2D eigenvalue weighted by Crippen LogP contribution is 2.18. The van der Waals surface area contributed by atoms with Crippen molar-refractivity contribution in [3.8, 4) is 0 Å². The molecule has 1 saturated heterocycles. The first-order valence-corrected chi connectivity index (χ1v) is 9.10. The second-order valence-corrected chi connectivity index (χ2v) is 6.95. The van der Waals surface area contributed by atoms with Gasteiger partial charge in [-0.3, -0.25) is 0 Å². The van der Waals surface area contributed by atoms with Crippen LogP contribution < -0.4 is 5.32 Å². The fourth-order valence-electron chi connectivity index (χ4n) is 3.59. The molecule has 1 aliphatic heterocycles. The summed E-state index contributed by atoms with van der Waals surface area (Å²) in [6, 6.07) is 9.78. The van der Waals surface area contributed by atoms with E-state index in [1.165, 1.54) is 37.3 Å². The van der Waals surface area contributed by atoms with Gasteiger partial charge in [0.2, 0.25) is 0 Å². The van der Waals surface area contributed by atoms with Gasteiger partial charge in [-0.05, 0) is 58.3 Å². The summed E-state index contributed by atoms with van der Waals surface area (Å²) in [5.41, 5.74) is 2.38. The van der Waals surface area contributed by atoms with Gasteiger partial charge in [0, 0.05) is 18.6 Å². The maximum absolute atomic E-state index is 4.85. The van der Waals surface area contributed by atoms with Crippen molar-refractivity contribution >= 4 is 11.0 Å². The number of fused-ring (bicyclic) bond motifs is 1. The molecule has 0 saturated carbocycles. The second kappa shape index (κ2) is 7.45. The molecule has 2 heterocycles. The van der Waals surface area contributed by atoms with E-state index in [0.29, 0.717) is 12.1 Å². The highest BCUT2D eigenvalue weighted by molar-refractivity contribution is 5.75. The van der Waals surface area contributed by atoms with Crippen LogP contribution in [0.5, 0.6) is 0 Å². The number of nitrogens with one attached hydrogen (secondary N) is 1. The third-order valence-corrected chi connectivity index (χ3v) is 4.99. The fourth-order valence-corrected chi connectivity index (χ4v) is 3.59. The van der Waals surface area contributed by atoms with Crippen molar-refractivity contribution in [2.45, 2.75) is 65.2 Å². The Hall–Kier alpha value is -1.39. The normalized spacial score (nSPS) is 17.4. The molecule has 23 heavy (non-hydrogen) atoms. The number of imidazole rings is 1. The number of piperidine rings is 1. The number of rotatable bonds is 6. The maximum Gasteiger partial charge on any atom is 0.123 e. The first kappa shape index (κ1) is 16.5. The molecule has 1 aliphatic rings. The second-order valence-electron chi connectivity index (χ2n) is 6.95. The lowest BCUT2D eigenvalue weighted by Gasteiger charge is -2.35. The summed E-state index contributed by atoms with van der Waals surface area (Å²) < 4.78 is 2.38. The van der Waals surface area contributed by atoms with Crippen LogP contribution in [0.15, 0.2) is 24.3 Å². The maximum atomic E-state index is 4.85. The summed E-state index contributed by atoms with van der Waals surface area (Å²) in [5, 5.41) is 3.75. The standard InChI is InChI=1S/C19H30N4/c1-4-11-23-18-8-6-5-7-17(18)21-19(23)14-20-16-9-12-22(13-10-16)15(2)3/h5-8,15-16,20H,4,9-14H2,1-3H3. The molecule has 1 aromatic heterocycles. The molecule has 0 unspecified atom stereocenters. The lowest BCUT2D eigenvalue weighted by atomic mass is 10.0. The minimum Gasteiger partial charge on any atom is -0.327 e. The fraction of sp³-hybridized carbons (Fsp3) is 0.632. The average molecular weight is 314 g/mol. The van der Waals surface area contributed by atoms with Gasteiger partial charge in [0.1, 0.15) is 5.82 Å². The molecule has 0 radical (unpaired) electrons. The van der Waals surface area contributed by atoms with Crippen LogP contribution in [0.1, 0.15) is 45.9 Å². The van der Waals surface area contributed by atoms with Crippen LogP contribution in [0.3, 0.4) is 0 Å². The van der Waals surface area contributed by atoms with Crippen LogP contribution in [0.4, 0.5) is 0 Å². The summed E-state index contributed by atoms with van der Waals surface area (Å²) in [5.74, 6) is 1.18. The molecule has 0 atom stereocenters. The number of para-hydroxylation sites is 2. The average Bonchev–Trinajstić information content (AvgIpc) is 2.92. The Balaban J connectivity index is 1.64. The van der Waals surface area contributed by atoms with E-state index in [0.717, 1.165) is 25.0 Å². The topological polar surface area (TPSA) is 33.1 Å². The molecule has 126 valence electrons. The van der Waals surface area contributed by atoms with Gasteiger partial charge in [0.05, 0.1) is 17.6 Å². The van der Waals surface area contributed by atoms with E-state index < -0.39 is 0 Å². The molecule has 0 amide bonds. The van der Waals surface area contributed by atoms with Crippen LogP contribution >= 0.6 is 0 Å². The Bertz CT molecular complexity index is 623. The molecule has 4 nitrogen and oxygen atoms in total. The molecule has 4 heteroatoms. The highest BCUT2D eigenvalue weighted by atomic mass is 15.2. The highest BCUT2D eigenvalue weighted by Gasteiger charge is 2.21. The van der Waals surface area contributed by atoms with Gasteiger partial charge in [-0.25, -0.2) is 4.98 Å². The van der Waals surface area contributed by atoms with E-state index >= 15 is 0 Å². The van der Waals surface area contributed by atoms with E-state index in [4.69, 9.17) is 4.98 Å². The molecule has 2 aromatic rings. The third-order valence-electron chi connectivity index (χ3n) is 4.99. The van der Waals surface area contributed by atoms with Crippen LogP contribution in [-0.2, 0) is 13.1 Å². The predicted octanol–water partition coefficient (Wildman–Crippen LogP) is 3.41. The Morgan fingerprint density at radius 1 is 1.22 bits per heavy atom. The van der Waals surface area contributed by atoms with Crippen molar-refractivity contribution < 1.29 is 0 Å². The van der Waals surface area contributed by atoms with Crippen molar-refractivity contribution in [2.24, 2.45) is 0 Å². The lowest BCUT2D eigenvalue weighted by molar-refractivity contribution is 0.160. The van der Waals surface area contributed by atoms with E-state index in [1.807, 2.05) is 0 Å². The summed E-state index contributed by atoms with van der Waals surface area (Å²) in [6.45, 7) is 11.2. The van der Waals surface area contributed by atoms with Crippen molar-refractivity contribution in [3.05, 3.63) is 30.1 Å².